The third kappa shape index (κ3) is 3.75. The zero-order valence-electron chi connectivity index (χ0n) is 16.2. The van der Waals surface area contributed by atoms with Gasteiger partial charge in [-0.05, 0) is 36.4 Å². The van der Waals surface area contributed by atoms with Crippen LogP contribution < -0.4 is 15.1 Å². The quantitative estimate of drug-likeness (QED) is 0.351. The van der Waals surface area contributed by atoms with Gasteiger partial charge < -0.3 is 23.2 Å². The fourth-order valence-corrected chi connectivity index (χ4v) is 2.91. The van der Waals surface area contributed by atoms with Gasteiger partial charge in [0.1, 0.15) is 23.6 Å². The molecule has 0 amide bonds. The fraction of sp³-hybridized carbons (Fsp3) is 0.136. The van der Waals surface area contributed by atoms with Gasteiger partial charge in [0, 0.05) is 17.0 Å². The number of hydrogen-bond donors (Lipinski definition) is 0. The van der Waals surface area contributed by atoms with Crippen molar-refractivity contribution >= 4 is 16.9 Å². The highest BCUT2D eigenvalue weighted by molar-refractivity contribution is 5.94. The second kappa shape index (κ2) is 8.12. The highest BCUT2D eigenvalue weighted by Crippen LogP contribution is 2.25. The second-order valence-corrected chi connectivity index (χ2v) is 6.31. The summed E-state index contributed by atoms with van der Waals surface area (Å²) in [6.45, 7) is -0.159. The maximum absolute atomic E-state index is 12.4. The first-order valence-corrected chi connectivity index (χ1v) is 8.97. The normalized spacial score (nSPS) is 10.7. The highest BCUT2D eigenvalue weighted by Gasteiger charge is 2.18. The summed E-state index contributed by atoms with van der Waals surface area (Å²) in [5.74, 6) is 0.820. The molecule has 2 aromatic carbocycles. The molecule has 4 aromatic rings. The number of aromatic nitrogens is 1. The zero-order valence-corrected chi connectivity index (χ0v) is 16.2. The molecule has 8 nitrogen and oxygen atoms in total. The molecular weight excluding hydrogens is 390 g/mol. The van der Waals surface area contributed by atoms with E-state index in [2.05, 4.69) is 5.16 Å². The monoisotopic (exact) mass is 407 g/mol. The van der Waals surface area contributed by atoms with Gasteiger partial charge in [0.05, 0.1) is 14.2 Å². The summed E-state index contributed by atoms with van der Waals surface area (Å²) < 4.78 is 26.0. The molecule has 0 bridgehead atoms. The van der Waals surface area contributed by atoms with Crippen LogP contribution in [0.25, 0.3) is 22.3 Å². The minimum Gasteiger partial charge on any atom is -0.497 e. The van der Waals surface area contributed by atoms with Gasteiger partial charge >= 0.3 is 11.6 Å². The Hall–Kier alpha value is -4.07. The minimum atomic E-state index is -0.817. The Labute approximate surface area is 170 Å². The summed E-state index contributed by atoms with van der Waals surface area (Å²) in [6, 6.07) is 15.4. The summed E-state index contributed by atoms with van der Waals surface area (Å²) in [4.78, 5) is 24.6. The van der Waals surface area contributed by atoms with Crippen molar-refractivity contribution < 1.29 is 27.9 Å². The molecule has 8 heteroatoms. The minimum absolute atomic E-state index is 0.159. The van der Waals surface area contributed by atoms with E-state index in [0.29, 0.717) is 22.6 Å². The molecule has 0 aliphatic rings. The van der Waals surface area contributed by atoms with Crippen molar-refractivity contribution in [3.8, 4) is 22.8 Å². The van der Waals surface area contributed by atoms with Crippen molar-refractivity contribution in [3.63, 3.8) is 0 Å². The number of hydrogen-bond acceptors (Lipinski definition) is 8. The van der Waals surface area contributed by atoms with Gasteiger partial charge in [-0.15, -0.1) is 0 Å². The Morgan fingerprint density at radius 3 is 2.57 bits per heavy atom. The van der Waals surface area contributed by atoms with E-state index in [0.717, 1.165) is 11.3 Å². The van der Waals surface area contributed by atoms with Crippen LogP contribution in [0.4, 0.5) is 0 Å². The average molecular weight is 407 g/mol. The SMILES string of the molecule is COc1ccc(-c2cc(COC(=O)c3cc4cccc(OC)c4oc3=O)no2)cc1. The van der Waals surface area contributed by atoms with E-state index in [9.17, 15) is 9.59 Å². The standard InChI is InChI=1S/C22H17NO7/c1-26-16-8-6-13(7-9-16)19-11-15(23-30-19)12-28-21(24)17-10-14-4-3-5-18(27-2)20(14)29-22(17)25/h3-11H,12H2,1-2H3. The molecule has 30 heavy (non-hydrogen) atoms. The first-order chi connectivity index (χ1) is 14.6. The van der Waals surface area contributed by atoms with E-state index in [4.69, 9.17) is 23.2 Å². The molecule has 152 valence electrons. The van der Waals surface area contributed by atoms with Gasteiger partial charge in [-0.2, -0.15) is 0 Å². The third-order valence-corrected chi connectivity index (χ3v) is 4.45. The maximum Gasteiger partial charge on any atom is 0.351 e. The molecule has 0 aliphatic heterocycles. The predicted molar refractivity (Wildman–Crippen MR) is 107 cm³/mol. The Balaban J connectivity index is 1.49. The van der Waals surface area contributed by atoms with Gasteiger partial charge in [-0.1, -0.05) is 17.3 Å². The maximum atomic E-state index is 12.4. The Morgan fingerprint density at radius 2 is 1.83 bits per heavy atom. The van der Waals surface area contributed by atoms with Crippen LogP contribution >= 0.6 is 0 Å². The number of ether oxygens (including phenoxy) is 3. The smallest absolute Gasteiger partial charge is 0.351 e. The van der Waals surface area contributed by atoms with Crippen LogP contribution in [0, 0.1) is 0 Å². The summed E-state index contributed by atoms with van der Waals surface area (Å²) >= 11 is 0. The number of nitrogens with zero attached hydrogens (tertiary/aromatic N) is 1. The number of fused-ring (bicyclic) bond motifs is 1. The lowest BCUT2D eigenvalue weighted by Crippen LogP contribution is -2.16. The highest BCUT2D eigenvalue weighted by atomic mass is 16.5. The molecule has 2 aromatic heterocycles. The summed E-state index contributed by atoms with van der Waals surface area (Å²) in [5, 5.41) is 4.44. The number of benzene rings is 2. The molecule has 0 saturated heterocycles. The number of carbonyl (C=O) groups is 1. The van der Waals surface area contributed by atoms with E-state index in [1.807, 2.05) is 12.1 Å². The van der Waals surface area contributed by atoms with Crippen molar-refractivity contribution in [1.29, 1.82) is 0 Å². The molecular formula is C22H17NO7. The number of carbonyl (C=O) groups excluding carboxylic acids is 1. The van der Waals surface area contributed by atoms with Gasteiger partial charge in [0.2, 0.25) is 0 Å². The van der Waals surface area contributed by atoms with Gasteiger partial charge in [0.15, 0.2) is 17.1 Å². The third-order valence-electron chi connectivity index (χ3n) is 4.45. The van der Waals surface area contributed by atoms with Crippen LogP contribution in [-0.2, 0) is 11.3 Å². The molecule has 0 radical (unpaired) electrons. The van der Waals surface area contributed by atoms with Crippen LogP contribution in [0.3, 0.4) is 0 Å². The van der Waals surface area contributed by atoms with E-state index in [-0.39, 0.29) is 17.8 Å². The molecule has 0 saturated carbocycles. The Kier molecular flexibility index (Phi) is 5.21. The van der Waals surface area contributed by atoms with Gasteiger partial charge in [0.25, 0.3) is 0 Å². The van der Waals surface area contributed by atoms with Crippen LogP contribution in [0.5, 0.6) is 11.5 Å². The van der Waals surface area contributed by atoms with Crippen molar-refractivity contribution in [2.45, 2.75) is 6.61 Å². The lowest BCUT2D eigenvalue weighted by atomic mass is 10.1. The fourth-order valence-electron chi connectivity index (χ4n) is 2.91. The summed E-state index contributed by atoms with van der Waals surface area (Å²) in [7, 11) is 3.05. The molecule has 0 spiro atoms. The number of rotatable bonds is 6. The zero-order chi connectivity index (χ0) is 21.1. The molecule has 0 N–H and O–H groups in total. The van der Waals surface area contributed by atoms with E-state index in [1.165, 1.54) is 13.2 Å². The topological polar surface area (TPSA) is 101 Å². The van der Waals surface area contributed by atoms with Gasteiger partial charge in [-0.3, -0.25) is 0 Å². The largest absolute Gasteiger partial charge is 0.497 e. The lowest BCUT2D eigenvalue weighted by Gasteiger charge is -2.05. The van der Waals surface area contributed by atoms with E-state index < -0.39 is 11.6 Å². The van der Waals surface area contributed by atoms with Crippen molar-refractivity contribution in [3.05, 3.63) is 76.3 Å². The first kappa shape index (κ1) is 19.3. The average Bonchev–Trinajstić information content (AvgIpc) is 3.25. The van der Waals surface area contributed by atoms with Crippen molar-refractivity contribution in [2.24, 2.45) is 0 Å². The van der Waals surface area contributed by atoms with Crippen LogP contribution in [0.1, 0.15) is 16.1 Å². The molecule has 0 unspecified atom stereocenters. The van der Waals surface area contributed by atoms with E-state index >= 15 is 0 Å². The number of para-hydroxylation sites is 1. The summed E-state index contributed by atoms with van der Waals surface area (Å²) in [6.07, 6.45) is 0. The van der Waals surface area contributed by atoms with Crippen LogP contribution in [-0.4, -0.2) is 25.3 Å². The first-order valence-electron chi connectivity index (χ1n) is 8.97. The van der Waals surface area contributed by atoms with Crippen molar-refractivity contribution in [1.82, 2.24) is 5.16 Å². The van der Waals surface area contributed by atoms with Gasteiger partial charge in [-0.25, -0.2) is 9.59 Å². The lowest BCUT2D eigenvalue weighted by molar-refractivity contribution is 0.0459. The van der Waals surface area contributed by atoms with Crippen molar-refractivity contribution in [2.75, 3.05) is 14.2 Å². The summed E-state index contributed by atoms with van der Waals surface area (Å²) in [5.41, 5.74) is 0.443. The van der Waals surface area contributed by atoms with Crippen LogP contribution in [0.2, 0.25) is 0 Å². The predicted octanol–water partition coefficient (Wildman–Crippen LogP) is 3.82. The molecule has 0 atom stereocenters. The molecule has 4 rings (SSSR count). The Morgan fingerprint density at radius 1 is 1.03 bits per heavy atom. The van der Waals surface area contributed by atoms with E-state index in [1.54, 1.807) is 43.5 Å². The number of esters is 1. The molecule has 2 heterocycles. The van der Waals surface area contributed by atoms with Crippen LogP contribution in [0.15, 0.2) is 68.3 Å². The molecule has 0 fully saturated rings. The second-order valence-electron chi connectivity index (χ2n) is 6.31. The number of methoxy groups -OCH3 is 2. The molecule has 0 aliphatic carbocycles. The Bertz CT molecular complexity index is 1250.